The molecule has 0 aromatic carbocycles. The molecule has 2 unspecified atom stereocenters. The smallest absolute Gasteiger partial charge is 0.306 e. The van der Waals surface area contributed by atoms with E-state index in [9.17, 15) is 19.5 Å². The Bertz CT molecular complexity index is 2410. The average molecular weight is 1430 g/mol. The Morgan fingerprint density at radius 3 is 0.777 bits per heavy atom. The van der Waals surface area contributed by atoms with Crippen LogP contribution in [0.1, 0.15) is 322 Å². The molecule has 0 aromatic rings. The molecule has 0 heterocycles. The Hall–Kier alpha value is -5.87. The first kappa shape index (κ1) is 97.1. The van der Waals surface area contributed by atoms with Gasteiger partial charge in [0.25, 0.3) is 0 Å². The molecule has 0 bridgehead atoms. The van der Waals surface area contributed by atoms with Crippen molar-refractivity contribution in [2.75, 3.05) is 47.5 Å². The lowest BCUT2D eigenvalue weighted by Crippen LogP contribution is -2.44. The zero-order valence-electron chi connectivity index (χ0n) is 66.6. The van der Waals surface area contributed by atoms with Gasteiger partial charge in [-0.15, -0.1) is 0 Å². The molecular formula is C94H153NO8. The predicted molar refractivity (Wildman–Crippen MR) is 444 cm³/mol. The molecule has 0 radical (unpaired) electrons. The number of likely N-dealkylation sites (N-methyl/N-ethyl adjacent to an activating group) is 1. The van der Waals surface area contributed by atoms with Crippen molar-refractivity contribution in [3.05, 3.63) is 194 Å². The summed E-state index contributed by atoms with van der Waals surface area (Å²) < 4.78 is 22.9. The number of allylic oxidation sites excluding steroid dienone is 32. The summed E-state index contributed by atoms with van der Waals surface area (Å²) in [7, 11) is 5.93. The van der Waals surface area contributed by atoms with Gasteiger partial charge in [-0.25, -0.2) is 0 Å². The van der Waals surface area contributed by atoms with Crippen LogP contribution < -0.4 is 5.11 Å². The lowest BCUT2D eigenvalue weighted by atomic mass is 10.0. The maximum Gasteiger partial charge on any atom is 0.306 e. The van der Waals surface area contributed by atoms with Crippen LogP contribution in [0, 0.1) is 0 Å². The molecule has 0 saturated heterocycles. The van der Waals surface area contributed by atoms with Crippen LogP contribution in [0.15, 0.2) is 194 Å². The Labute approximate surface area is 633 Å². The number of carboxylic acid groups (broad SMARTS) is 1. The summed E-state index contributed by atoms with van der Waals surface area (Å²) in [4.78, 5) is 37.7. The Morgan fingerprint density at radius 2 is 0.524 bits per heavy atom. The zero-order chi connectivity index (χ0) is 74.6. The number of carbonyl (C=O) groups is 3. The van der Waals surface area contributed by atoms with Gasteiger partial charge in [0.15, 0.2) is 12.4 Å². The molecule has 9 heteroatoms. The van der Waals surface area contributed by atoms with Crippen LogP contribution in [-0.4, -0.2) is 82.3 Å². The molecule has 0 fully saturated rings. The molecule has 0 amide bonds. The highest BCUT2D eigenvalue weighted by molar-refractivity contribution is 5.70. The van der Waals surface area contributed by atoms with E-state index in [4.69, 9.17) is 18.9 Å². The van der Waals surface area contributed by atoms with Crippen molar-refractivity contribution >= 4 is 17.9 Å². The van der Waals surface area contributed by atoms with Crippen LogP contribution >= 0.6 is 0 Å². The van der Waals surface area contributed by atoms with Gasteiger partial charge >= 0.3 is 11.9 Å². The Balaban J connectivity index is 4.07. The maximum absolute atomic E-state index is 13.0. The quantitative estimate of drug-likeness (QED) is 0.0195. The van der Waals surface area contributed by atoms with Crippen molar-refractivity contribution in [2.24, 2.45) is 0 Å². The highest BCUT2D eigenvalue weighted by Crippen LogP contribution is 2.18. The van der Waals surface area contributed by atoms with Crippen LogP contribution in [0.2, 0.25) is 0 Å². The molecule has 0 spiro atoms. The zero-order valence-corrected chi connectivity index (χ0v) is 66.6. The van der Waals surface area contributed by atoms with Gasteiger partial charge in [-0.3, -0.25) is 9.59 Å². The van der Waals surface area contributed by atoms with Crippen LogP contribution in [0.3, 0.4) is 0 Å². The predicted octanol–water partition coefficient (Wildman–Crippen LogP) is 25.9. The molecule has 0 aromatic heterocycles. The summed E-state index contributed by atoms with van der Waals surface area (Å²) >= 11 is 0. The third-order valence-corrected chi connectivity index (χ3v) is 17.3. The number of nitrogens with zero attached hydrogens (tertiary/aromatic N) is 1. The van der Waals surface area contributed by atoms with Crippen molar-refractivity contribution < 1.29 is 42.9 Å². The molecule has 0 aliphatic heterocycles. The minimum Gasteiger partial charge on any atom is -0.545 e. The van der Waals surface area contributed by atoms with Gasteiger partial charge in [-0.1, -0.05) is 362 Å². The molecule has 103 heavy (non-hydrogen) atoms. The molecule has 0 saturated carbocycles. The lowest BCUT2D eigenvalue weighted by molar-refractivity contribution is -0.870. The van der Waals surface area contributed by atoms with Crippen LogP contribution in [-0.2, 0) is 33.3 Å². The lowest BCUT2D eigenvalue weighted by Gasteiger charge is -2.26. The van der Waals surface area contributed by atoms with E-state index >= 15 is 0 Å². The van der Waals surface area contributed by atoms with Gasteiger partial charge in [0.2, 0.25) is 0 Å². The number of unbranched alkanes of at least 4 members (excludes halogenated alkanes) is 28. The third kappa shape index (κ3) is 83.3. The maximum atomic E-state index is 13.0. The molecule has 582 valence electrons. The monoisotopic (exact) mass is 1420 g/mol. The highest BCUT2D eigenvalue weighted by Gasteiger charge is 2.22. The SMILES string of the molecule is CC/C=C\C/C=C\C/C=C\C/C=C\C/C=C\C/C=C\C/C=C\C/C=C\C/C=C\CCCCCCCCCCCC(=O)OC(COC(=O)CCCCCCCCCCCCCCCCCCCCC/C=C\C/C=C\C/C=C\C/C=C\C/C=C\C/C=C\C/C=C\CC)COC(OCC[N+](C)(C)C)C(=O)[O-]. The Kier molecular flexibility index (Phi) is 77.1. The number of rotatable bonds is 75. The van der Waals surface area contributed by atoms with Gasteiger partial charge in [0.05, 0.1) is 40.3 Å². The number of esters is 2. The van der Waals surface area contributed by atoms with Crippen molar-refractivity contribution in [2.45, 2.75) is 334 Å². The summed E-state index contributed by atoms with van der Waals surface area (Å²) in [5.41, 5.74) is 0. The van der Waals surface area contributed by atoms with Crippen LogP contribution in [0.25, 0.3) is 0 Å². The first-order valence-electron chi connectivity index (χ1n) is 41.6. The van der Waals surface area contributed by atoms with E-state index in [1.165, 1.54) is 141 Å². The summed E-state index contributed by atoms with van der Waals surface area (Å²) in [6.45, 7) is 4.52. The number of ether oxygens (including phenoxy) is 4. The fourth-order valence-corrected chi connectivity index (χ4v) is 11.1. The van der Waals surface area contributed by atoms with Gasteiger partial charge in [0.1, 0.15) is 13.2 Å². The molecule has 0 N–H and O–H groups in total. The van der Waals surface area contributed by atoms with E-state index in [1.54, 1.807) is 0 Å². The molecule has 2 atom stereocenters. The summed E-state index contributed by atoms with van der Waals surface area (Å²) in [5.74, 6) is -2.29. The number of carboxylic acids is 1. The molecule has 0 aliphatic carbocycles. The van der Waals surface area contributed by atoms with Crippen molar-refractivity contribution in [1.82, 2.24) is 0 Å². The van der Waals surface area contributed by atoms with Crippen molar-refractivity contribution in [3.8, 4) is 0 Å². The van der Waals surface area contributed by atoms with E-state index in [0.29, 0.717) is 17.4 Å². The molecule has 0 rings (SSSR count). The first-order chi connectivity index (χ1) is 50.6. The standard InChI is InChI=1S/C94H153NO8/c1-6-8-10-12-14-16-18-20-22-24-26-28-30-32-34-36-38-40-42-44-45-46-47-49-50-52-54-56-58-60-62-64-66-68-70-72-74-76-78-80-82-84-91(96)101-88-90(89-102-94(93(98)99)100-87-86-95(3,4)5)103-92(97)85-83-81-79-77-75-73-71-69-67-65-63-61-59-57-55-53-51-48-43-41-39-37-35-33-31-29-27-25-23-21-19-17-15-13-11-9-7-2/h8-11,14-17,20-23,26-29,32-35,38-41,44-45,48,51,55,57,61,63,90,94H,6-7,12-13,18-19,24-25,30-31,36-37,42-43,46-47,49-50,52-54,56,58-60,62,64-89H2,1-5H3/b10-8-,11-9-,16-14-,17-15-,22-20-,23-21-,28-26-,29-27-,34-32-,35-33-,40-38-,41-39-,45-44-,51-48-,57-55-,63-61-. The van der Waals surface area contributed by atoms with E-state index < -0.39 is 24.3 Å². The number of aliphatic carboxylic acids is 1. The van der Waals surface area contributed by atoms with Gasteiger partial charge in [0, 0.05) is 12.8 Å². The summed E-state index contributed by atoms with van der Waals surface area (Å²) in [5, 5.41) is 11.9. The molecular weight excluding hydrogens is 1270 g/mol. The second-order valence-electron chi connectivity index (χ2n) is 28.3. The number of hydrogen-bond acceptors (Lipinski definition) is 8. The minimum absolute atomic E-state index is 0.139. The Morgan fingerprint density at radius 1 is 0.291 bits per heavy atom. The largest absolute Gasteiger partial charge is 0.545 e. The second-order valence-corrected chi connectivity index (χ2v) is 28.3. The average Bonchev–Trinajstić information content (AvgIpc) is 1.16. The summed E-state index contributed by atoms with van der Waals surface area (Å²) in [6, 6.07) is 0. The number of hydrogen-bond donors (Lipinski definition) is 0. The van der Waals surface area contributed by atoms with E-state index in [1.807, 2.05) is 21.1 Å². The number of quaternary nitrogens is 1. The minimum atomic E-state index is -1.63. The van der Waals surface area contributed by atoms with Gasteiger partial charge in [-0.05, 0) is 141 Å². The van der Waals surface area contributed by atoms with Gasteiger partial charge < -0.3 is 33.3 Å². The second kappa shape index (κ2) is 81.8. The topological polar surface area (TPSA) is 111 Å². The molecule has 0 aliphatic rings. The van der Waals surface area contributed by atoms with Crippen LogP contribution in [0.5, 0.6) is 0 Å². The van der Waals surface area contributed by atoms with E-state index in [2.05, 4.69) is 208 Å². The third-order valence-electron chi connectivity index (χ3n) is 17.3. The molecule has 9 nitrogen and oxygen atoms in total. The summed E-state index contributed by atoms with van der Waals surface area (Å²) in [6.07, 6.45) is 123. The fourth-order valence-electron chi connectivity index (χ4n) is 11.1. The van der Waals surface area contributed by atoms with E-state index in [-0.39, 0.29) is 38.6 Å². The van der Waals surface area contributed by atoms with Crippen LogP contribution in [0.4, 0.5) is 0 Å². The van der Waals surface area contributed by atoms with Crippen molar-refractivity contribution in [1.29, 1.82) is 0 Å². The first-order valence-corrected chi connectivity index (χ1v) is 41.6. The van der Waals surface area contributed by atoms with Crippen molar-refractivity contribution in [3.63, 3.8) is 0 Å². The highest BCUT2D eigenvalue weighted by atomic mass is 16.7. The van der Waals surface area contributed by atoms with E-state index in [0.717, 1.165) is 148 Å². The van der Waals surface area contributed by atoms with Gasteiger partial charge in [-0.2, -0.15) is 0 Å². The fraction of sp³-hybridized carbons (Fsp3) is 0.628. The normalized spacial score (nSPS) is 13.7. The number of carbonyl (C=O) groups excluding carboxylic acids is 3.